The Morgan fingerprint density at radius 1 is 1.35 bits per heavy atom. The van der Waals surface area contributed by atoms with Crippen molar-refractivity contribution in [2.45, 2.75) is 36.2 Å². The molecule has 1 heterocycles. The van der Waals surface area contributed by atoms with Gasteiger partial charge in [0.05, 0.1) is 10.8 Å². The van der Waals surface area contributed by atoms with Gasteiger partial charge in [0.2, 0.25) is 17.7 Å². The Morgan fingerprint density at radius 3 is 2.61 bits per heavy atom. The zero-order chi connectivity index (χ0) is 16.8. The summed E-state index contributed by atoms with van der Waals surface area (Å²) in [5.74, 6) is -1.11. The molecule has 7 nitrogen and oxygen atoms in total. The first-order valence-electron chi connectivity index (χ1n) is 7.30. The highest BCUT2D eigenvalue weighted by molar-refractivity contribution is 7.85. The summed E-state index contributed by atoms with van der Waals surface area (Å²) in [6, 6.07) is 7.32. The van der Waals surface area contributed by atoms with Crippen LogP contribution in [-0.2, 0) is 25.2 Å². The largest absolute Gasteiger partial charge is 0.368 e. The van der Waals surface area contributed by atoms with E-state index in [9.17, 15) is 18.6 Å². The Labute approximate surface area is 136 Å². The van der Waals surface area contributed by atoms with Crippen LogP contribution in [0.5, 0.6) is 0 Å². The maximum atomic E-state index is 12.1. The third-order valence-electron chi connectivity index (χ3n) is 3.57. The molecular formula is C15H19N3O4S. The van der Waals surface area contributed by atoms with Crippen LogP contribution in [0.3, 0.4) is 0 Å². The highest BCUT2D eigenvalue weighted by Gasteiger charge is 2.29. The zero-order valence-electron chi connectivity index (χ0n) is 12.5. The Kier molecular flexibility index (Phi) is 5.86. The van der Waals surface area contributed by atoms with E-state index >= 15 is 0 Å². The van der Waals surface area contributed by atoms with Crippen LogP contribution in [0, 0.1) is 0 Å². The Bertz CT molecular complexity index is 620. The number of carbonyl (C=O) groups excluding carboxylic acids is 3. The molecule has 1 saturated heterocycles. The van der Waals surface area contributed by atoms with Crippen molar-refractivity contribution in [3.63, 3.8) is 0 Å². The monoisotopic (exact) mass is 337 g/mol. The minimum atomic E-state index is -1.27. The van der Waals surface area contributed by atoms with Crippen molar-refractivity contribution in [2.24, 2.45) is 5.73 Å². The highest BCUT2D eigenvalue weighted by Crippen LogP contribution is 2.09. The van der Waals surface area contributed by atoms with E-state index in [1.165, 1.54) is 0 Å². The molecule has 0 unspecified atom stereocenters. The van der Waals surface area contributed by atoms with E-state index < -0.39 is 34.7 Å². The van der Waals surface area contributed by atoms with Gasteiger partial charge in [0.15, 0.2) is 0 Å². The van der Waals surface area contributed by atoms with Gasteiger partial charge in [-0.3, -0.25) is 18.6 Å². The van der Waals surface area contributed by atoms with Gasteiger partial charge in [-0.2, -0.15) is 0 Å². The fourth-order valence-electron chi connectivity index (χ4n) is 2.28. The average molecular weight is 337 g/mol. The first-order valence-corrected chi connectivity index (χ1v) is 8.61. The van der Waals surface area contributed by atoms with E-state index in [1.807, 2.05) is 6.07 Å². The van der Waals surface area contributed by atoms with E-state index in [0.717, 1.165) is 0 Å². The molecule has 1 aromatic carbocycles. The molecule has 0 radical (unpaired) electrons. The normalized spacial score (nSPS) is 19.7. The third kappa shape index (κ3) is 4.88. The van der Waals surface area contributed by atoms with Gasteiger partial charge < -0.3 is 16.4 Å². The van der Waals surface area contributed by atoms with Gasteiger partial charge in [0, 0.05) is 17.1 Å². The van der Waals surface area contributed by atoms with Crippen molar-refractivity contribution in [1.82, 2.24) is 10.6 Å². The maximum absolute atomic E-state index is 12.1. The second-order valence-corrected chi connectivity index (χ2v) is 6.84. The van der Waals surface area contributed by atoms with Gasteiger partial charge in [-0.1, -0.05) is 18.2 Å². The van der Waals surface area contributed by atoms with Crippen LogP contribution in [0.4, 0.5) is 0 Å². The molecule has 4 N–H and O–H groups in total. The molecule has 8 heteroatoms. The standard InChI is InChI=1S/C15H19N3O4S/c16-14(20)11(18-15(21)12-6-7-13(19)17-12)8-9-23(22)10-4-2-1-3-5-10/h1-5,11-12H,6-9H2,(H2,16,20)(H,17,19)(H,18,21)/t11-,12+,23+/m1/s1. The van der Waals surface area contributed by atoms with E-state index in [0.29, 0.717) is 11.3 Å². The number of nitrogens with two attached hydrogens (primary N) is 1. The number of primary amides is 1. The summed E-state index contributed by atoms with van der Waals surface area (Å²) >= 11 is 0. The van der Waals surface area contributed by atoms with Gasteiger partial charge in [-0.15, -0.1) is 0 Å². The molecule has 23 heavy (non-hydrogen) atoms. The molecular weight excluding hydrogens is 318 g/mol. The van der Waals surface area contributed by atoms with Crippen LogP contribution >= 0.6 is 0 Å². The molecule has 3 amide bonds. The molecule has 1 fully saturated rings. The number of amides is 3. The maximum Gasteiger partial charge on any atom is 0.243 e. The van der Waals surface area contributed by atoms with Crippen LogP contribution < -0.4 is 16.4 Å². The first kappa shape index (κ1) is 17.1. The quantitative estimate of drug-likeness (QED) is 0.617. The minimum absolute atomic E-state index is 0.170. The molecule has 0 bridgehead atoms. The highest BCUT2D eigenvalue weighted by atomic mass is 32.2. The second-order valence-electron chi connectivity index (χ2n) is 5.27. The SMILES string of the molecule is NC(=O)[C@@H](CC[S@](=O)c1ccccc1)NC(=O)[C@@H]1CCC(=O)N1. The van der Waals surface area contributed by atoms with E-state index in [1.54, 1.807) is 24.3 Å². The summed E-state index contributed by atoms with van der Waals surface area (Å²) in [5, 5.41) is 5.05. The smallest absolute Gasteiger partial charge is 0.243 e. The molecule has 0 saturated carbocycles. The van der Waals surface area contributed by atoms with Crippen molar-refractivity contribution < 1.29 is 18.6 Å². The molecule has 0 aromatic heterocycles. The Morgan fingerprint density at radius 2 is 2.04 bits per heavy atom. The number of hydrogen-bond donors (Lipinski definition) is 3. The fraction of sp³-hybridized carbons (Fsp3) is 0.400. The second kappa shape index (κ2) is 7.87. The van der Waals surface area contributed by atoms with Gasteiger partial charge in [-0.25, -0.2) is 0 Å². The molecule has 1 aliphatic rings. The Balaban J connectivity index is 1.89. The number of rotatable bonds is 7. The van der Waals surface area contributed by atoms with Crippen molar-refractivity contribution in [3.8, 4) is 0 Å². The van der Waals surface area contributed by atoms with E-state index in [2.05, 4.69) is 10.6 Å². The lowest BCUT2D eigenvalue weighted by Gasteiger charge is -2.18. The van der Waals surface area contributed by atoms with Crippen molar-refractivity contribution in [2.75, 3.05) is 5.75 Å². The number of carbonyl (C=O) groups is 3. The lowest BCUT2D eigenvalue weighted by molar-refractivity contribution is -0.129. The van der Waals surface area contributed by atoms with Gasteiger partial charge in [0.1, 0.15) is 12.1 Å². The first-order chi connectivity index (χ1) is 11.0. The topological polar surface area (TPSA) is 118 Å². The van der Waals surface area contributed by atoms with Crippen molar-refractivity contribution in [1.29, 1.82) is 0 Å². The van der Waals surface area contributed by atoms with Crippen molar-refractivity contribution >= 4 is 28.5 Å². The molecule has 2 rings (SSSR count). The Hall–Kier alpha value is -2.22. The van der Waals surface area contributed by atoms with Crippen LogP contribution in [0.1, 0.15) is 19.3 Å². The lowest BCUT2D eigenvalue weighted by Crippen LogP contribution is -2.51. The minimum Gasteiger partial charge on any atom is -0.368 e. The molecule has 1 aromatic rings. The number of nitrogens with one attached hydrogen (secondary N) is 2. The predicted molar refractivity (Wildman–Crippen MR) is 84.6 cm³/mol. The molecule has 124 valence electrons. The van der Waals surface area contributed by atoms with Crippen LogP contribution in [0.15, 0.2) is 35.2 Å². The molecule has 1 aliphatic heterocycles. The average Bonchev–Trinajstić information content (AvgIpc) is 2.98. The summed E-state index contributed by atoms with van der Waals surface area (Å²) in [6.07, 6.45) is 0.854. The lowest BCUT2D eigenvalue weighted by atomic mass is 10.1. The summed E-state index contributed by atoms with van der Waals surface area (Å²) in [7, 11) is -1.27. The summed E-state index contributed by atoms with van der Waals surface area (Å²) in [6.45, 7) is 0. The molecule has 0 spiro atoms. The number of benzene rings is 1. The van der Waals surface area contributed by atoms with Crippen LogP contribution in [0.2, 0.25) is 0 Å². The molecule has 3 atom stereocenters. The van der Waals surface area contributed by atoms with Crippen LogP contribution in [-0.4, -0.2) is 39.8 Å². The fourth-order valence-corrected chi connectivity index (χ4v) is 3.43. The van der Waals surface area contributed by atoms with Crippen LogP contribution in [0.25, 0.3) is 0 Å². The third-order valence-corrected chi connectivity index (χ3v) is 4.97. The summed E-state index contributed by atoms with van der Waals surface area (Å²) in [4.78, 5) is 35.3. The van der Waals surface area contributed by atoms with E-state index in [4.69, 9.17) is 5.73 Å². The summed E-state index contributed by atoms with van der Waals surface area (Å²) in [5.41, 5.74) is 5.30. The van der Waals surface area contributed by atoms with Gasteiger partial charge in [-0.05, 0) is 25.0 Å². The van der Waals surface area contributed by atoms with Gasteiger partial charge in [0.25, 0.3) is 0 Å². The van der Waals surface area contributed by atoms with Crippen molar-refractivity contribution in [3.05, 3.63) is 30.3 Å². The zero-order valence-corrected chi connectivity index (χ0v) is 13.3. The summed E-state index contributed by atoms with van der Waals surface area (Å²) < 4.78 is 12.1. The number of hydrogen-bond acceptors (Lipinski definition) is 4. The van der Waals surface area contributed by atoms with Gasteiger partial charge >= 0.3 is 0 Å². The predicted octanol–water partition coefficient (Wildman–Crippen LogP) is -0.567. The molecule has 0 aliphatic carbocycles. The van der Waals surface area contributed by atoms with E-state index in [-0.39, 0.29) is 24.5 Å².